The molecule has 1 aromatic carbocycles. The number of benzene rings is 1. The molecule has 5 nitrogen and oxygen atoms in total. The number of hydrogen-bond acceptors (Lipinski definition) is 2. The molecule has 0 saturated carbocycles. The van der Waals surface area contributed by atoms with Crippen LogP contribution in [0.3, 0.4) is 0 Å². The van der Waals surface area contributed by atoms with E-state index in [-0.39, 0.29) is 12.2 Å². The van der Waals surface area contributed by atoms with E-state index in [0.717, 1.165) is 11.0 Å². The molecule has 0 aliphatic carbocycles. The fourth-order valence-electron chi connectivity index (χ4n) is 1.44. The van der Waals surface area contributed by atoms with E-state index in [1.54, 1.807) is 6.92 Å². The average molecular weight is 256 g/mol. The van der Waals surface area contributed by atoms with Crippen molar-refractivity contribution in [2.45, 2.75) is 13.3 Å². The van der Waals surface area contributed by atoms with Crippen LogP contribution >= 0.6 is 0 Å². The SMILES string of the molecule is CCCN(C(=O)NC(=N)N)c1ccc(F)cc1F. The summed E-state index contributed by atoms with van der Waals surface area (Å²) in [5.74, 6) is -2.11. The lowest BCUT2D eigenvalue weighted by atomic mass is 10.2. The van der Waals surface area contributed by atoms with Crippen molar-refractivity contribution in [3.63, 3.8) is 0 Å². The van der Waals surface area contributed by atoms with Crippen molar-refractivity contribution in [2.24, 2.45) is 5.73 Å². The highest BCUT2D eigenvalue weighted by Gasteiger charge is 2.19. The van der Waals surface area contributed by atoms with Crippen LogP contribution in [-0.2, 0) is 0 Å². The molecule has 18 heavy (non-hydrogen) atoms. The number of anilines is 1. The molecule has 0 aliphatic rings. The third-order valence-corrected chi connectivity index (χ3v) is 2.13. The summed E-state index contributed by atoms with van der Waals surface area (Å²) in [7, 11) is 0. The predicted octanol–water partition coefficient (Wildman–Crippen LogP) is 1.78. The summed E-state index contributed by atoms with van der Waals surface area (Å²) in [5.41, 5.74) is 4.98. The monoisotopic (exact) mass is 256 g/mol. The molecule has 0 atom stereocenters. The first-order valence-corrected chi connectivity index (χ1v) is 5.33. The van der Waals surface area contributed by atoms with E-state index >= 15 is 0 Å². The van der Waals surface area contributed by atoms with Crippen molar-refractivity contribution in [3.05, 3.63) is 29.8 Å². The second-order valence-corrected chi connectivity index (χ2v) is 3.59. The van der Waals surface area contributed by atoms with Crippen LogP contribution in [0.4, 0.5) is 19.3 Å². The molecule has 2 amide bonds. The van der Waals surface area contributed by atoms with Gasteiger partial charge in [0.25, 0.3) is 0 Å². The lowest BCUT2D eigenvalue weighted by Crippen LogP contribution is -2.46. The Morgan fingerprint density at radius 2 is 2.17 bits per heavy atom. The summed E-state index contributed by atoms with van der Waals surface area (Å²) in [4.78, 5) is 12.8. The second kappa shape index (κ2) is 5.95. The molecule has 0 saturated heterocycles. The van der Waals surface area contributed by atoms with E-state index in [2.05, 4.69) is 5.32 Å². The van der Waals surface area contributed by atoms with Gasteiger partial charge in [0.15, 0.2) is 5.96 Å². The first kappa shape index (κ1) is 13.9. The van der Waals surface area contributed by atoms with Gasteiger partial charge in [0.05, 0.1) is 5.69 Å². The number of nitrogens with one attached hydrogen (secondary N) is 2. The van der Waals surface area contributed by atoms with Crippen molar-refractivity contribution >= 4 is 17.7 Å². The maximum Gasteiger partial charge on any atom is 0.328 e. The standard InChI is InChI=1S/C11H14F2N4O/c1-2-5-17(11(18)16-10(14)15)9-4-3-7(12)6-8(9)13/h3-4,6H,2,5H2,1H3,(H4,14,15,16,18). The number of halogens is 2. The van der Waals surface area contributed by atoms with Crippen molar-refractivity contribution < 1.29 is 13.6 Å². The van der Waals surface area contributed by atoms with Gasteiger partial charge in [-0.3, -0.25) is 15.6 Å². The number of nitrogens with two attached hydrogens (primary N) is 1. The topological polar surface area (TPSA) is 82.2 Å². The Labute approximate surface area is 103 Å². The Balaban J connectivity index is 3.03. The molecular formula is C11H14F2N4O. The van der Waals surface area contributed by atoms with Gasteiger partial charge < -0.3 is 5.73 Å². The van der Waals surface area contributed by atoms with E-state index in [1.807, 2.05) is 0 Å². The van der Waals surface area contributed by atoms with Crippen LogP contribution in [0.1, 0.15) is 13.3 Å². The summed E-state index contributed by atoms with van der Waals surface area (Å²) in [5, 5.41) is 9.02. The van der Waals surface area contributed by atoms with Crippen LogP contribution in [0, 0.1) is 17.0 Å². The van der Waals surface area contributed by atoms with Gasteiger partial charge in [0.1, 0.15) is 11.6 Å². The van der Waals surface area contributed by atoms with E-state index < -0.39 is 23.6 Å². The van der Waals surface area contributed by atoms with Crippen LogP contribution in [0.15, 0.2) is 18.2 Å². The van der Waals surface area contributed by atoms with Gasteiger partial charge in [-0.25, -0.2) is 13.6 Å². The highest BCUT2D eigenvalue weighted by Crippen LogP contribution is 2.20. The largest absolute Gasteiger partial charge is 0.370 e. The van der Waals surface area contributed by atoms with Crippen molar-refractivity contribution in [3.8, 4) is 0 Å². The molecule has 0 spiro atoms. The number of carbonyl (C=O) groups is 1. The van der Waals surface area contributed by atoms with Gasteiger partial charge in [-0.05, 0) is 18.6 Å². The summed E-state index contributed by atoms with van der Waals surface area (Å²) in [6.07, 6.45) is 0.572. The molecule has 1 rings (SSSR count). The van der Waals surface area contributed by atoms with Gasteiger partial charge in [-0.2, -0.15) is 0 Å². The number of carbonyl (C=O) groups excluding carboxylic acids is 1. The lowest BCUT2D eigenvalue weighted by molar-refractivity contribution is 0.250. The van der Waals surface area contributed by atoms with Crippen molar-refractivity contribution in [1.82, 2.24) is 5.32 Å². The summed E-state index contributed by atoms with van der Waals surface area (Å²) < 4.78 is 26.4. The van der Waals surface area contributed by atoms with E-state index in [4.69, 9.17) is 11.1 Å². The highest BCUT2D eigenvalue weighted by atomic mass is 19.1. The first-order chi connectivity index (χ1) is 8.45. The molecule has 0 unspecified atom stereocenters. The van der Waals surface area contributed by atoms with Crippen molar-refractivity contribution in [1.29, 1.82) is 5.41 Å². The highest BCUT2D eigenvalue weighted by molar-refractivity contribution is 6.02. The zero-order valence-electron chi connectivity index (χ0n) is 9.84. The van der Waals surface area contributed by atoms with Crippen molar-refractivity contribution in [2.75, 3.05) is 11.4 Å². The van der Waals surface area contributed by atoms with Gasteiger partial charge in [0, 0.05) is 12.6 Å². The first-order valence-electron chi connectivity index (χ1n) is 5.33. The number of guanidine groups is 1. The van der Waals surface area contributed by atoms with Crippen LogP contribution in [0.2, 0.25) is 0 Å². The van der Waals surface area contributed by atoms with Crippen LogP contribution in [0.25, 0.3) is 0 Å². The molecule has 0 fully saturated rings. The fourth-order valence-corrected chi connectivity index (χ4v) is 1.44. The third kappa shape index (κ3) is 3.41. The van der Waals surface area contributed by atoms with E-state index in [9.17, 15) is 13.6 Å². The van der Waals surface area contributed by atoms with Crippen LogP contribution in [0.5, 0.6) is 0 Å². The normalized spacial score (nSPS) is 9.94. The maximum atomic E-state index is 13.6. The van der Waals surface area contributed by atoms with Crippen LogP contribution in [-0.4, -0.2) is 18.5 Å². The fraction of sp³-hybridized carbons (Fsp3) is 0.273. The number of nitrogens with zero attached hydrogens (tertiary/aromatic N) is 1. The van der Waals surface area contributed by atoms with E-state index in [0.29, 0.717) is 12.5 Å². The number of hydrogen-bond donors (Lipinski definition) is 3. The van der Waals surface area contributed by atoms with Crippen LogP contribution < -0.4 is 16.0 Å². The Kier molecular flexibility index (Phi) is 4.59. The number of rotatable bonds is 3. The maximum absolute atomic E-state index is 13.6. The Hall–Kier alpha value is -2.18. The number of amides is 2. The summed E-state index contributed by atoms with van der Waals surface area (Å²) >= 11 is 0. The number of urea groups is 1. The molecule has 98 valence electrons. The molecule has 4 N–H and O–H groups in total. The molecule has 0 aliphatic heterocycles. The minimum atomic E-state index is -0.845. The lowest BCUT2D eigenvalue weighted by Gasteiger charge is -2.22. The molecular weight excluding hydrogens is 242 g/mol. The Bertz CT molecular complexity index is 464. The average Bonchev–Trinajstić information content (AvgIpc) is 2.25. The molecule has 0 radical (unpaired) electrons. The predicted molar refractivity (Wildman–Crippen MR) is 64.4 cm³/mol. The van der Waals surface area contributed by atoms with Gasteiger partial charge in [0.2, 0.25) is 0 Å². The molecule has 0 aromatic heterocycles. The minimum Gasteiger partial charge on any atom is -0.370 e. The van der Waals surface area contributed by atoms with Gasteiger partial charge in [-0.15, -0.1) is 0 Å². The third-order valence-electron chi connectivity index (χ3n) is 2.13. The smallest absolute Gasteiger partial charge is 0.328 e. The molecule has 7 heteroatoms. The zero-order valence-corrected chi connectivity index (χ0v) is 9.84. The van der Waals surface area contributed by atoms with E-state index in [1.165, 1.54) is 6.07 Å². The Morgan fingerprint density at radius 3 is 2.67 bits per heavy atom. The Morgan fingerprint density at radius 1 is 1.50 bits per heavy atom. The molecule has 1 aromatic rings. The summed E-state index contributed by atoms with van der Waals surface area (Å²) in [6.45, 7) is 2.02. The molecule has 0 bridgehead atoms. The summed E-state index contributed by atoms with van der Waals surface area (Å²) in [6, 6.07) is 2.19. The molecule has 0 heterocycles. The quantitative estimate of drug-likeness (QED) is 0.569. The zero-order chi connectivity index (χ0) is 13.7. The van der Waals surface area contributed by atoms with Gasteiger partial charge >= 0.3 is 6.03 Å². The minimum absolute atomic E-state index is 0.0583. The second-order valence-electron chi connectivity index (χ2n) is 3.59. The van der Waals surface area contributed by atoms with Gasteiger partial charge in [-0.1, -0.05) is 6.92 Å².